The Morgan fingerprint density at radius 3 is 2.50 bits per heavy atom. The molecule has 0 aromatic carbocycles. The first-order chi connectivity index (χ1) is 4.51. The van der Waals surface area contributed by atoms with E-state index in [1.807, 2.05) is 13.8 Å². The van der Waals surface area contributed by atoms with E-state index in [2.05, 4.69) is 4.99 Å². The Kier molecular flexibility index (Phi) is 1.50. The summed E-state index contributed by atoms with van der Waals surface area (Å²) in [6, 6.07) is 0. The lowest BCUT2D eigenvalue weighted by molar-refractivity contribution is -0.124. The van der Waals surface area contributed by atoms with Gasteiger partial charge in [0.1, 0.15) is 0 Å². The minimum absolute atomic E-state index is 0.0642. The molecule has 0 fully saturated rings. The summed E-state index contributed by atoms with van der Waals surface area (Å²) in [5.74, 6) is 0.0642. The van der Waals surface area contributed by atoms with Gasteiger partial charge in [0.2, 0.25) is 5.91 Å². The number of aliphatic imine (C=N–C) groups is 1. The molecular weight excluding hydrogens is 128 g/mol. The van der Waals surface area contributed by atoms with Crippen LogP contribution in [0.25, 0.3) is 0 Å². The third-order valence-corrected chi connectivity index (χ3v) is 1.51. The molecule has 0 atom stereocenters. The monoisotopic (exact) mass is 140 g/mol. The fourth-order valence-electron chi connectivity index (χ4n) is 0.917. The molecule has 3 heteroatoms. The van der Waals surface area contributed by atoms with Crippen molar-refractivity contribution < 1.29 is 4.79 Å². The topological polar surface area (TPSA) is 32.7 Å². The first kappa shape index (κ1) is 7.25. The smallest absolute Gasteiger partial charge is 0.224 e. The molecule has 0 aromatic rings. The summed E-state index contributed by atoms with van der Waals surface area (Å²) < 4.78 is 0. The van der Waals surface area contributed by atoms with E-state index < -0.39 is 0 Å². The van der Waals surface area contributed by atoms with Crippen molar-refractivity contribution in [1.82, 2.24) is 4.90 Å². The Morgan fingerprint density at radius 1 is 1.70 bits per heavy atom. The highest BCUT2D eigenvalue weighted by molar-refractivity contribution is 5.87. The molecule has 0 saturated heterocycles. The molecule has 0 aliphatic carbocycles. The van der Waals surface area contributed by atoms with Gasteiger partial charge in [-0.05, 0) is 13.8 Å². The van der Waals surface area contributed by atoms with Gasteiger partial charge in [0.05, 0.1) is 18.4 Å². The lowest BCUT2D eigenvalue weighted by Gasteiger charge is -2.16. The molecule has 56 valence electrons. The van der Waals surface area contributed by atoms with Gasteiger partial charge in [0.25, 0.3) is 0 Å². The zero-order valence-corrected chi connectivity index (χ0v) is 6.59. The summed E-state index contributed by atoms with van der Waals surface area (Å²) >= 11 is 0. The highest BCUT2D eigenvalue weighted by Gasteiger charge is 2.26. The molecule has 0 radical (unpaired) electrons. The van der Waals surface area contributed by atoms with Gasteiger partial charge >= 0.3 is 0 Å². The fourth-order valence-corrected chi connectivity index (χ4v) is 0.917. The first-order valence-corrected chi connectivity index (χ1v) is 3.34. The van der Waals surface area contributed by atoms with Crippen molar-refractivity contribution in [3.63, 3.8) is 0 Å². The predicted octanol–water partition coefficient (Wildman–Crippen LogP) is 0.655. The molecule has 0 unspecified atom stereocenters. The summed E-state index contributed by atoms with van der Waals surface area (Å²) in [7, 11) is 0. The zero-order chi connectivity index (χ0) is 7.78. The molecule has 3 nitrogen and oxygen atoms in total. The Hall–Kier alpha value is -0.860. The van der Waals surface area contributed by atoms with Crippen LogP contribution in [0.5, 0.6) is 0 Å². The SMILES string of the molecule is CC(=O)N1C=NC(C)(C)C1. The summed E-state index contributed by atoms with van der Waals surface area (Å²) in [6.07, 6.45) is 1.61. The molecule has 1 amide bonds. The second-order valence-electron chi connectivity index (χ2n) is 3.20. The number of amides is 1. The van der Waals surface area contributed by atoms with Gasteiger partial charge in [-0.3, -0.25) is 9.79 Å². The van der Waals surface area contributed by atoms with E-state index in [9.17, 15) is 4.79 Å². The molecule has 0 N–H and O–H groups in total. The average Bonchev–Trinajstić information content (AvgIpc) is 2.10. The number of carbonyl (C=O) groups is 1. The quantitative estimate of drug-likeness (QED) is 0.486. The van der Waals surface area contributed by atoms with Crippen LogP contribution in [0.15, 0.2) is 4.99 Å². The van der Waals surface area contributed by atoms with Gasteiger partial charge in [-0.25, -0.2) is 0 Å². The Bertz CT molecular complexity index is 184. The van der Waals surface area contributed by atoms with Crippen molar-refractivity contribution in [1.29, 1.82) is 0 Å². The van der Waals surface area contributed by atoms with Crippen LogP contribution < -0.4 is 0 Å². The summed E-state index contributed by atoms with van der Waals surface area (Å²) in [4.78, 5) is 16.5. The third-order valence-electron chi connectivity index (χ3n) is 1.51. The Morgan fingerprint density at radius 2 is 2.30 bits per heavy atom. The second kappa shape index (κ2) is 2.08. The molecule has 10 heavy (non-hydrogen) atoms. The zero-order valence-electron chi connectivity index (χ0n) is 6.59. The van der Waals surface area contributed by atoms with Gasteiger partial charge in [0, 0.05) is 6.92 Å². The van der Waals surface area contributed by atoms with E-state index >= 15 is 0 Å². The van der Waals surface area contributed by atoms with Crippen LogP contribution in [0.4, 0.5) is 0 Å². The largest absolute Gasteiger partial charge is 0.301 e. The molecular formula is C7H12N2O. The minimum Gasteiger partial charge on any atom is -0.301 e. The molecule has 0 spiro atoms. The predicted molar refractivity (Wildman–Crippen MR) is 40.0 cm³/mol. The maximum absolute atomic E-state index is 10.8. The Labute approximate surface area is 60.7 Å². The highest BCUT2D eigenvalue weighted by atomic mass is 16.2. The van der Waals surface area contributed by atoms with Crippen LogP contribution in [-0.4, -0.2) is 29.2 Å². The van der Waals surface area contributed by atoms with E-state index in [1.54, 1.807) is 18.2 Å². The van der Waals surface area contributed by atoms with Crippen molar-refractivity contribution in [3.05, 3.63) is 0 Å². The van der Waals surface area contributed by atoms with Crippen molar-refractivity contribution >= 4 is 12.2 Å². The first-order valence-electron chi connectivity index (χ1n) is 3.34. The van der Waals surface area contributed by atoms with E-state index in [0.717, 1.165) is 0 Å². The Balaban J connectivity index is 2.62. The van der Waals surface area contributed by atoms with Crippen LogP contribution in [0, 0.1) is 0 Å². The van der Waals surface area contributed by atoms with Gasteiger partial charge in [0.15, 0.2) is 0 Å². The molecule has 0 bridgehead atoms. The van der Waals surface area contributed by atoms with Crippen LogP contribution in [0.1, 0.15) is 20.8 Å². The van der Waals surface area contributed by atoms with Gasteiger partial charge in [-0.2, -0.15) is 0 Å². The van der Waals surface area contributed by atoms with E-state index in [-0.39, 0.29) is 11.4 Å². The number of hydrogen-bond acceptors (Lipinski definition) is 2. The van der Waals surface area contributed by atoms with Crippen molar-refractivity contribution in [2.45, 2.75) is 26.3 Å². The number of nitrogens with zero attached hydrogens (tertiary/aromatic N) is 2. The average molecular weight is 140 g/mol. The van der Waals surface area contributed by atoms with Gasteiger partial charge in [-0.15, -0.1) is 0 Å². The minimum atomic E-state index is -0.0777. The number of rotatable bonds is 0. The van der Waals surface area contributed by atoms with Gasteiger partial charge < -0.3 is 4.90 Å². The fraction of sp³-hybridized carbons (Fsp3) is 0.714. The summed E-state index contributed by atoms with van der Waals surface area (Å²) in [5, 5.41) is 0. The highest BCUT2D eigenvalue weighted by Crippen LogP contribution is 2.15. The molecule has 1 aliphatic rings. The normalized spacial score (nSPS) is 21.7. The molecule has 1 heterocycles. The summed E-state index contributed by atoms with van der Waals surface area (Å²) in [5.41, 5.74) is -0.0777. The summed E-state index contributed by atoms with van der Waals surface area (Å²) in [6.45, 7) is 6.27. The molecule has 0 aromatic heterocycles. The second-order valence-corrected chi connectivity index (χ2v) is 3.20. The standard InChI is InChI=1S/C7H12N2O/c1-6(10)9-4-7(2,3)8-5-9/h5H,4H2,1-3H3. The maximum Gasteiger partial charge on any atom is 0.224 e. The lowest BCUT2D eigenvalue weighted by Crippen LogP contribution is -2.32. The van der Waals surface area contributed by atoms with Crippen molar-refractivity contribution in [2.24, 2.45) is 4.99 Å². The van der Waals surface area contributed by atoms with E-state index in [0.29, 0.717) is 6.54 Å². The van der Waals surface area contributed by atoms with Crippen molar-refractivity contribution in [2.75, 3.05) is 6.54 Å². The molecule has 0 saturated carbocycles. The lowest BCUT2D eigenvalue weighted by atomic mass is 10.1. The van der Waals surface area contributed by atoms with Crippen molar-refractivity contribution in [3.8, 4) is 0 Å². The van der Waals surface area contributed by atoms with Gasteiger partial charge in [-0.1, -0.05) is 0 Å². The van der Waals surface area contributed by atoms with Crippen LogP contribution >= 0.6 is 0 Å². The van der Waals surface area contributed by atoms with Crippen LogP contribution in [-0.2, 0) is 4.79 Å². The van der Waals surface area contributed by atoms with Crippen LogP contribution in [0.3, 0.4) is 0 Å². The molecule has 1 rings (SSSR count). The third kappa shape index (κ3) is 1.35. The van der Waals surface area contributed by atoms with E-state index in [1.165, 1.54) is 0 Å². The number of hydrogen-bond donors (Lipinski definition) is 0. The van der Waals surface area contributed by atoms with Crippen LogP contribution in [0.2, 0.25) is 0 Å². The molecule has 1 aliphatic heterocycles. The number of carbonyl (C=O) groups excluding carboxylic acids is 1. The van der Waals surface area contributed by atoms with E-state index in [4.69, 9.17) is 0 Å². The maximum atomic E-state index is 10.8.